The van der Waals surface area contributed by atoms with Gasteiger partial charge >= 0.3 is 5.97 Å². The predicted molar refractivity (Wildman–Crippen MR) is 42.6 cm³/mol. The van der Waals surface area contributed by atoms with E-state index in [0.717, 1.165) is 0 Å². The summed E-state index contributed by atoms with van der Waals surface area (Å²) >= 11 is 0. The number of nitrogens with two attached hydrogens (primary N) is 1. The lowest BCUT2D eigenvalue weighted by atomic mass is 10.5. The van der Waals surface area contributed by atoms with Gasteiger partial charge in [-0.25, -0.2) is 14.3 Å². The minimum Gasteiger partial charge on any atom is -0.368 e. The van der Waals surface area contributed by atoms with Gasteiger partial charge in [0.15, 0.2) is 11.3 Å². The summed E-state index contributed by atoms with van der Waals surface area (Å²) in [7, 11) is 0. The van der Waals surface area contributed by atoms with Gasteiger partial charge in [-0.15, -0.1) is 0 Å². The summed E-state index contributed by atoms with van der Waals surface area (Å²) in [5.74, 6) is 4.07. The van der Waals surface area contributed by atoms with Gasteiger partial charge < -0.3 is 4.84 Å². The van der Waals surface area contributed by atoms with Crippen molar-refractivity contribution in [3.05, 3.63) is 30.2 Å². The summed E-state index contributed by atoms with van der Waals surface area (Å²) in [6.07, 6.45) is 2.90. The molecule has 0 saturated heterocycles. The maximum absolute atomic E-state index is 11.0. The van der Waals surface area contributed by atoms with Gasteiger partial charge in [-0.2, -0.15) is 11.0 Å². The van der Waals surface area contributed by atoms with Crippen molar-refractivity contribution in [2.45, 2.75) is 0 Å². The molecule has 0 aliphatic heterocycles. The van der Waals surface area contributed by atoms with E-state index in [2.05, 4.69) is 14.9 Å². The van der Waals surface area contributed by atoms with Crippen LogP contribution >= 0.6 is 0 Å². The minimum atomic E-state index is -0.661. The van der Waals surface area contributed by atoms with Crippen molar-refractivity contribution in [1.82, 2.24) is 14.6 Å². The first kappa shape index (κ1) is 7.69. The monoisotopic (exact) mass is 178 g/mol. The van der Waals surface area contributed by atoms with Gasteiger partial charge in [0.1, 0.15) is 0 Å². The Morgan fingerprint density at radius 2 is 2.46 bits per heavy atom. The molecule has 2 rings (SSSR count). The summed E-state index contributed by atoms with van der Waals surface area (Å²) in [6.45, 7) is 0. The molecule has 2 heterocycles. The second-order valence-corrected chi connectivity index (χ2v) is 2.34. The third kappa shape index (κ3) is 1.13. The number of carbonyl (C=O) groups excluding carboxylic acids is 1. The molecule has 0 amide bonds. The van der Waals surface area contributed by atoms with E-state index in [4.69, 9.17) is 5.90 Å². The normalized spacial score (nSPS) is 10.2. The molecule has 2 aromatic heterocycles. The molecular weight excluding hydrogens is 172 g/mol. The highest BCUT2D eigenvalue weighted by molar-refractivity contribution is 5.87. The second kappa shape index (κ2) is 2.83. The van der Waals surface area contributed by atoms with Crippen molar-refractivity contribution in [3.8, 4) is 0 Å². The lowest BCUT2D eigenvalue weighted by Crippen LogP contribution is -2.13. The van der Waals surface area contributed by atoms with Crippen LogP contribution in [-0.4, -0.2) is 20.6 Å². The van der Waals surface area contributed by atoms with Crippen LogP contribution < -0.4 is 5.90 Å². The lowest BCUT2D eigenvalue weighted by Gasteiger charge is -1.95. The fraction of sp³-hybridized carbons (Fsp3) is 0. The van der Waals surface area contributed by atoms with Gasteiger partial charge in [-0.3, -0.25) is 0 Å². The van der Waals surface area contributed by atoms with Crippen molar-refractivity contribution in [2.24, 2.45) is 5.90 Å². The standard InChI is InChI=1S/C7H6N4O2/c8-13-7(12)5-4-9-6-2-1-3-10-11(5)6/h1-4H,8H2. The topological polar surface area (TPSA) is 82.5 Å². The first-order valence-electron chi connectivity index (χ1n) is 3.53. The zero-order valence-corrected chi connectivity index (χ0v) is 6.54. The SMILES string of the molecule is NOC(=O)c1cnc2cccnn12. The molecule has 0 aromatic carbocycles. The first-order valence-corrected chi connectivity index (χ1v) is 3.53. The molecule has 13 heavy (non-hydrogen) atoms. The van der Waals surface area contributed by atoms with E-state index in [1.807, 2.05) is 0 Å². The van der Waals surface area contributed by atoms with E-state index < -0.39 is 5.97 Å². The van der Waals surface area contributed by atoms with E-state index in [1.54, 1.807) is 18.3 Å². The zero-order valence-electron chi connectivity index (χ0n) is 6.54. The van der Waals surface area contributed by atoms with Crippen molar-refractivity contribution < 1.29 is 9.63 Å². The maximum atomic E-state index is 11.0. The number of carbonyl (C=O) groups is 1. The summed E-state index contributed by atoms with van der Waals surface area (Å²) < 4.78 is 1.36. The van der Waals surface area contributed by atoms with Crippen LogP contribution in [0.2, 0.25) is 0 Å². The third-order valence-electron chi connectivity index (χ3n) is 1.59. The smallest absolute Gasteiger partial charge is 0.368 e. The van der Waals surface area contributed by atoms with Gasteiger partial charge in [0.25, 0.3) is 0 Å². The Morgan fingerprint density at radius 1 is 1.62 bits per heavy atom. The average Bonchev–Trinajstić information content (AvgIpc) is 2.60. The molecule has 0 fully saturated rings. The summed E-state index contributed by atoms with van der Waals surface area (Å²) in [6, 6.07) is 3.44. The fourth-order valence-corrected chi connectivity index (χ4v) is 1.03. The average molecular weight is 178 g/mol. The van der Waals surface area contributed by atoms with E-state index in [0.29, 0.717) is 5.65 Å². The van der Waals surface area contributed by atoms with Gasteiger partial charge in [-0.1, -0.05) is 0 Å². The third-order valence-corrected chi connectivity index (χ3v) is 1.59. The Hall–Kier alpha value is -1.95. The van der Waals surface area contributed by atoms with Crippen LogP contribution in [0.25, 0.3) is 5.65 Å². The summed E-state index contributed by atoms with van der Waals surface area (Å²) in [4.78, 5) is 19.0. The van der Waals surface area contributed by atoms with E-state index in [9.17, 15) is 4.79 Å². The molecule has 0 radical (unpaired) electrons. The second-order valence-electron chi connectivity index (χ2n) is 2.34. The Kier molecular flexibility index (Phi) is 1.67. The fourth-order valence-electron chi connectivity index (χ4n) is 1.03. The molecule has 0 saturated carbocycles. The molecule has 2 N–H and O–H groups in total. The number of hydrogen-bond donors (Lipinski definition) is 1. The minimum absolute atomic E-state index is 0.207. The van der Waals surface area contributed by atoms with Crippen LogP contribution in [0.1, 0.15) is 10.5 Å². The lowest BCUT2D eigenvalue weighted by molar-refractivity contribution is 0.0493. The van der Waals surface area contributed by atoms with Crippen LogP contribution in [-0.2, 0) is 4.84 Å². The predicted octanol–water partition coefficient (Wildman–Crippen LogP) is -0.240. The summed E-state index contributed by atoms with van der Waals surface area (Å²) in [5, 5.41) is 3.91. The van der Waals surface area contributed by atoms with E-state index in [1.165, 1.54) is 10.7 Å². The number of imidazole rings is 1. The van der Waals surface area contributed by atoms with Gasteiger partial charge in [0, 0.05) is 6.20 Å². The summed E-state index contributed by atoms with van der Waals surface area (Å²) in [5.41, 5.74) is 0.779. The molecule has 0 bridgehead atoms. The van der Waals surface area contributed by atoms with Crippen molar-refractivity contribution in [3.63, 3.8) is 0 Å². The molecule has 0 aliphatic carbocycles. The van der Waals surface area contributed by atoms with E-state index in [-0.39, 0.29) is 5.69 Å². The van der Waals surface area contributed by atoms with Crippen LogP contribution in [0.5, 0.6) is 0 Å². The molecule has 0 spiro atoms. The molecule has 0 unspecified atom stereocenters. The van der Waals surface area contributed by atoms with Crippen LogP contribution in [0.15, 0.2) is 24.5 Å². The number of rotatable bonds is 1. The Labute approximate surface area is 72.9 Å². The van der Waals surface area contributed by atoms with Gasteiger partial charge in [0.2, 0.25) is 0 Å². The molecule has 6 heteroatoms. The number of fused-ring (bicyclic) bond motifs is 1. The molecule has 0 atom stereocenters. The van der Waals surface area contributed by atoms with Crippen molar-refractivity contribution >= 4 is 11.6 Å². The molecule has 0 aliphatic rings. The van der Waals surface area contributed by atoms with Crippen molar-refractivity contribution in [1.29, 1.82) is 0 Å². The number of hydrogen-bond acceptors (Lipinski definition) is 5. The molecule has 2 aromatic rings. The highest BCUT2D eigenvalue weighted by atomic mass is 16.7. The highest BCUT2D eigenvalue weighted by Crippen LogP contribution is 2.03. The largest absolute Gasteiger partial charge is 0.377 e. The molecule has 6 nitrogen and oxygen atoms in total. The van der Waals surface area contributed by atoms with Crippen LogP contribution in [0.4, 0.5) is 0 Å². The van der Waals surface area contributed by atoms with Gasteiger partial charge in [-0.05, 0) is 12.1 Å². The number of nitrogens with zero attached hydrogens (tertiary/aromatic N) is 3. The quantitative estimate of drug-likeness (QED) is 0.609. The number of aromatic nitrogens is 3. The zero-order chi connectivity index (χ0) is 9.26. The highest BCUT2D eigenvalue weighted by Gasteiger charge is 2.12. The molecular formula is C7H6N4O2. The molecule has 66 valence electrons. The first-order chi connectivity index (χ1) is 6.33. The Bertz CT molecular complexity index is 450. The van der Waals surface area contributed by atoms with Crippen LogP contribution in [0.3, 0.4) is 0 Å². The van der Waals surface area contributed by atoms with E-state index >= 15 is 0 Å². The Morgan fingerprint density at radius 3 is 3.23 bits per heavy atom. The van der Waals surface area contributed by atoms with Crippen LogP contribution in [0, 0.1) is 0 Å². The maximum Gasteiger partial charge on any atom is 0.377 e. The van der Waals surface area contributed by atoms with Gasteiger partial charge in [0.05, 0.1) is 6.20 Å². The van der Waals surface area contributed by atoms with Crippen molar-refractivity contribution in [2.75, 3.05) is 0 Å². The Balaban J connectivity index is 2.64.